The molecule has 0 saturated carbocycles. The molecule has 0 fully saturated rings. The van der Waals surface area contributed by atoms with Gasteiger partial charge in [-0.1, -0.05) is 109 Å². The molecule has 0 unspecified atom stereocenters. The third-order valence-electron chi connectivity index (χ3n) is 5.46. The van der Waals surface area contributed by atoms with E-state index in [9.17, 15) is 4.79 Å². The average molecular weight is 413 g/mol. The third kappa shape index (κ3) is 25.4. The first-order chi connectivity index (χ1) is 14.0. The second-order valence-electron chi connectivity index (χ2n) is 9.78. The Morgan fingerprint density at radius 3 is 1.10 bits per heavy atom. The summed E-state index contributed by atoms with van der Waals surface area (Å²) in [5.41, 5.74) is -0.349. The smallest absolute Gasteiger partial charge is 0.306 e. The predicted octanol–water partition coefficient (Wildman–Crippen LogP) is 8.12. The molecule has 0 atom stereocenters. The van der Waals surface area contributed by atoms with Crippen LogP contribution in [0.5, 0.6) is 0 Å². The molecular weight excluding hydrogens is 360 g/mol. The zero-order valence-corrected chi connectivity index (χ0v) is 20.1. The Labute approximate surface area is 182 Å². The molecule has 0 aromatic rings. The number of ether oxygens (including phenoxy) is 1. The van der Waals surface area contributed by atoms with Crippen molar-refractivity contribution in [3.05, 3.63) is 0 Å². The minimum absolute atomic E-state index is 0.0493. The van der Waals surface area contributed by atoms with Gasteiger partial charge in [0.25, 0.3) is 0 Å². The first kappa shape index (κ1) is 28.4. The van der Waals surface area contributed by atoms with Gasteiger partial charge in [0.15, 0.2) is 0 Å². The van der Waals surface area contributed by atoms with Crippen LogP contribution in [0.4, 0.5) is 0 Å². The number of esters is 1. The molecule has 0 bridgehead atoms. The van der Waals surface area contributed by atoms with Gasteiger partial charge in [-0.05, 0) is 33.6 Å². The Bertz CT molecular complexity index is 346. The molecule has 174 valence electrons. The van der Waals surface area contributed by atoms with E-state index in [0.717, 1.165) is 19.3 Å². The van der Waals surface area contributed by atoms with Crippen molar-refractivity contribution >= 4 is 5.97 Å². The zero-order valence-electron chi connectivity index (χ0n) is 20.1. The molecule has 0 rings (SSSR count). The van der Waals surface area contributed by atoms with Crippen molar-refractivity contribution in [1.29, 1.82) is 0 Å². The Morgan fingerprint density at radius 1 is 0.552 bits per heavy atom. The van der Waals surface area contributed by atoms with Gasteiger partial charge in [0.2, 0.25) is 0 Å². The van der Waals surface area contributed by atoms with E-state index in [1.807, 2.05) is 20.8 Å². The molecule has 3 nitrogen and oxygen atoms in total. The highest BCUT2D eigenvalue weighted by Crippen LogP contribution is 2.15. The number of aliphatic hydroxyl groups excluding tert-OH is 1. The zero-order chi connectivity index (χ0) is 21.6. The van der Waals surface area contributed by atoms with Gasteiger partial charge in [-0.3, -0.25) is 4.79 Å². The average Bonchev–Trinajstić information content (AvgIpc) is 2.65. The van der Waals surface area contributed by atoms with Crippen molar-refractivity contribution in [3.63, 3.8) is 0 Å². The highest BCUT2D eigenvalue weighted by atomic mass is 16.6. The van der Waals surface area contributed by atoms with E-state index < -0.39 is 0 Å². The van der Waals surface area contributed by atoms with Gasteiger partial charge in [-0.2, -0.15) is 0 Å². The SMILES string of the molecule is CC(C)(C)OC(=O)CCCCCCCCCCCCCCCCCCCCCO. The first-order valence-electron chi connectivity index (χ1n) is 12.8. The van der Waals surface area contributed by atoms with Crippen LogP contribution in [0.1, 0.15) is 149 Å². The van der Waals surface area contributed by atoms with Gasteiger partial charge in [0.1, 0.15) is 5.60 Å². The standard InChI is InChI=1S/C26H52O3/c1-26(2,3)29-25(28)23-21-19-17-15-13-11-9-7-5-4-6-8-10-12-14-16-18-20-22-24-27/h27H,4-24H2,1-3H3. The maximum Gasteiger partial charge on any atom is 0.306 e. The lowest BCUT2D eigenvalue weighted by Crippen LogP contribution is -2.23. The highest BCUT2D eigenvalue weighted by molar-refractivity contribution is 5.69. The van der Waals surface area contributed by atoms with E-state index in [1.54, 1.807) is 0 Å². The van der Waals surface area contributed by atoms with Crippen molar-refractivity contribution in [2.75, 3.05) is 6.61 Å². The fraction of sp³-hybridized carbons (Fsp3) is 0.962. The number of rotatable bonds is 21. The van der Waals surface area contributed by atoms with Crippen LogP contribution in [0.25, 0.3) is 0 Å². The summed E-state index contributed by atoms with van der Waals surface area (Å²) in [7, 11) is 0. The van der Waals surface area contributed by atoms with Crippen molar-refractivity contribution < 1.29 is 14.6 Å². The fourth-order valence-corrected chi connectivity index (χ4v) is 3.78. The number of unbranched alkanes of at least 4 members (excludes halogenated alkanes) is 18. The Kier molecular flexibility index (Phi) is 20.3. The minimum Gasteiger partial charge on any atom is -0.460 e. The molecule has 0 aromatic heterocycles. The van der Waals surface area contributed by atoms with Gasteiger partial charge in [-0.25, -0.2) is 0 Å². The number of carbonyl (C=O) groups is 1. The highest BCUT2D eigenvalue weighted by Gasteiger charge is 2.15. The summed E-state index contributed by atoms with van der Waals surface area (Å²) < 4.78 is 5.33. The van der Waals surface area contributed by atoms with Crippen LogP contribution in [0.3, 0.4) is 0 Å². The third-order valence-corrected chi connectivity index (χ3v) is 5.46. The van der Waals surface area contributed by atoms with E-state index in [1.165, 1.54) is 103 Å². The van der Waals surface area contributed by atoms with Crippen LogP contribution >= 0.6 is 0 Å². The quantitative estimate of drug-likeness (QED) is 0.153. The number of hydrogen-bond acceptors (Lipinski definition) is 3. The van der Waals surface area contributed by atoms with E-state index in [4.69, 9.17) is 9.84 Å². The maximum atomic E-state index is 11.6. The molecule has 0 spiro atoms. The Balaban J connectivity index is 3.11. The van der Waals surface area contributed by atoms with Crippen LogP contribution in [0, 0.1) is 0 Å². The molecular formula is C26H52O3. The summed E-state index contributed by atoms with van der Waals surface area (Å²) in [5, 5.41) is 8.74. The Morgan fingerprint density at radius 2 is 0.828 bits per heavy atom. The van der Waals surface area contributed by atoms with Gasteiger partial charge < -0.3 is 9.84 Å². The molecule has 29 heavy (non-hydrogen) atoms. The fourth-order valence-electron chi connectivity index (χ4n) is 3.78. The van der Waals surface area contributed by atoms with E-state index in [2.05, 4.69) is 0 Å². The maximum absolute atomic E-state index is 11.6. The van der Waals surface area contributed by atoms with Crippen LogP contribution in [-0.2, 0) is 9.53 Å². The van der Waals surface area contributed by atoms with Crippen molar-refractivity contribution in [1.82, 2.24) is 0 Å². The normalized spacial score (nSPS) is 11.7. The van der Waals surface area contributed by atoms with Crippen molar-refractivity contribution in [3.8, 4) is 0 Å². The van der Waals surface area contributed by atoms with Gasteiger partial charge in [-0.15, -0.1) is 0 Å². The molecule has 1 N–H and O–H groups in total. The molecule has 0 aliphatic carbocycles. The largest absolute Gasteiger partial charge is 0.460 e. The van der Waals surface area contributed by atoms with Gasteiger partial charge in [0, 0.05) is 13.0 Å². The summed E-state index contributed by atoms with van der Waals surface area (Å²) in [6.07, 6.45) is 25.5. The summed E-state index contributed by atoms with van der Waals surface area (Å²) >= 11 is 0. The summed E-state index contributed by atoms with van der Waals surface area (Å²) in [5.74, 6) is -0.0493. The van der Waals surface area contributed by atoms with Crippen LogP contribution in [0.15, 0.2) is 0 Å². The van der Waals surface area contributed by atoms with Crippen LogP contribution in [-0.4, -0.2) is 23.3 Å². The summed E-state index contributed by atoms with van der Waals surface area (Å²) in [6, 6.07) is 0. The second-order valence-corrected chi connectivity index (χ2v) is 9.78. The van der Waals surface area contributed by atoms with E-state index >= 15 is 0 Å². The molecule has 3 heteroatoms. The predicted molar refractivity (Wildman–Crippen MR) is 125 cm³/mol. The minimum atomic E-state index is -0.349. The van der Waals surface area contributed by atoms with Crippen LogP contribution in [0.2, 0.25) is 0 Å². The molecule has 0 aliphatic heterocycles. The topological polar surface area (TPSA) is 46.5 Å². The first-order valence-corrected chi connectivity index (χ1v) is 12.8. The number of hydrogen-bond donors (Lipinski definition) is 1. The van der Waals surface area contributed by atoms with E-state index in [0.29, 0.717) is 13.0 Å². The molecule has 0 aromatic carbocycles. The van der Waals surface area contributed by atoms with Crippen LogP contribution < -0.4 is 0 Å². The van der Waals surface area contributed by atoms with Gasteiger partial charge in [0.05, 0.1) is 0 Å². The summed E-state index contributed by atoms with van der Waals surface area (Å²) in [4.78, 5) is 11.6. The molecule has 0 aliphatic rings. The number of aliphatic hydroxyl groups is 1. The van der Waals surface area contributed by atoms with Gasteiger partial charge >= 0.3 is 5.97 Å². The molecule has 0 saturated heterocycles. The Hall–Kier alpha value is -0.570. The lowest BCUT2D eigenvalue weighted by Gasteiger charge is -2.19. The molecule has 0 heterocycles. The summed E-state index contributed by atoms with van der Waals surface area (Å²) in [6.45, 7) is 6.14. The monoisotopic (exact) mass is 412 g/mol. The number of carbonyl (C=O) groups excluding carboxylic acids is 1. The molecule has 0 radical (unpaired) electrons. The lowest BCUT2D eigenvalue weighted by atomic mass is 10.0. The molecule has 0 amide bonds. The van der Waals surface area contributed by atoms with Crippen molar-refractivity contribution in [2.45, 2.75) is 155 Å². The van der Waals surface area contributed by atoms with Crippen molar-refractivity contribution in [2.24, 2.45) is 0 Å². The second kappa shape index (κ2) is 20.7. The lowest BCUT2D eigenvalue weighted by molar-refractivity contribution is -0.154. The van der Waals surface area contributed by atoms with E-state index in [-0.39, 0.29) is 11.6 Å².